The van der Waals surface area contributed by atoms with Gasteiger partial charge in [0.2, 0.25) is 0 Å². The minimum atomic E-state index is -3.96. The van der Waals surface area contributed by atoms with Gasteiger partial charge in [-0.15, -0.1) is 0 Å². The average molecular weight is 480 g/mol. The number of nitrogen functional groups attached to an aromatic ring is 1. The Morgan fingerprint density at radius 3 is 2.79 bits per heavy atom. The summed E-state index contributed by atoms with van der Waals surface area (Å²) in [6, 6.07) is 0. The maximum absolute atomic E-state index is 10.7. The summed E-state index contributed by atoms with van der Waals surface area (Å²) in [5.41, 5.74) is 7.65. The first-order chi connectivity index (χ1) is 15.9. The van der Waals surface area contributed by atoms with Crippen LogP contribution in [0.25, 0.3) is 22.6 Å². The number of aliphatic hydroxyl groups excluding tert-OH is 1. The third-order valence-electron chi connectivity index (χ3n) is 4.61. The maximum atomic E-state index is 10.7. The summed E-state index contributed by atoms with van der Waals surface area (Å²) in [4.78, 5) is 8.94. The third-order valence-corrected chi connectivity index (χ3v) is 5.33. The Balaban J connectivity index is 1.78. The number of anilines is 1. The van der Waals surface area contributed by atoms with Crippen molar-refractivity contribution in [3.8, 4) is 29.1 Å². The van der Waals surface area contributed by atoms with Crippen molar-refractivity contribution in [1.29, 1.82) is 0 Å². The molecule has 0 aliphatic heterocycles. The van der Waals surface area contributed by atoms with Crippen LogP contribution < -0.4 is 15.8 Å². The highest BCUT2D eigenvalue weighted by atomic mass is 32.2. The fourth-order valence-corrected chi connectivity index (χ4v) is 3.54. The Morgan fingerprint density at radius 2 is 2.12 bits per heavy atom. The highest BCUT2D eigenvalue weighted by Gasteiger charge is 2.23. The Morgan fingerprint density at radius 1 is 1.30 bits per heavy atom. The van der Waals surface area contributed by atoms with E-state index in [2.05, 4.69) is 37.4 Å². The van der Waals surface area contributed by atoms with Gasteiger partial charge in [0.1, 0.15) is 23.3 Å². The van der Waals surface area contributed by atoms with E-state index in [0.717, 1.165) is 6.42 Å². The van der Waals surface area contributed by atoms with Crippen LogP contribution in [-0.4, -0.2) is 75.0 Å². The summed E-state index contributed by atoms with van der Waals surface area (Å²) in [6.07, 6.45) is 2.98. The molecule has 0 spiro atoms. The van der Waals surface area contributed by atoms with Crippen LogP contribution in [0.4, 0.5) is 5.82 Å². The van der Waals surface area contributed by atoms with Crippen LogP contribution >= 0.6 is 0 Å². The van der Waals surface area contributed by atoms with Crippen molar-refractivity contribution in [3.63, 3.8) is 0 Å². The van der Waals surface area contributed by atoms with E-state index in [1.807, 2.05) is 11.5 Å². The van der Waals surface area contributed by atoms with Crippen LogP contribution in [0.15, 0.2) is 10.8 Å². The summed E-state index contributed by atoms with van der Waals surface area (Å²) in [6.45, 7) is 3.27. The van der Waals surface area contributed by atoms with E-state index < -0.39 is 10.1 Å². The monoisotopic (exact) mass is 479 g/mol. The molecule has 0 aliphatic carbocycles. The lowest BCUT2D eigenvalue weighted by molar-refractivity contribution is 0.307. The number of aromatic nitrogens is 5. The molecule has 0 saturated heterocycles. The van der Waals surface area contributed by atoms with E-state index in [1.54, 1.807) is 6.20 Å². The normalized spacial score (nSPS) is 11.5. The zero-order valence-electron chi connectivity index (χ0n) is 18.0. The van der Waals surface area contributed by atoms with E-state index in [1.165, 1.54) is 0 Å². The minimum absolute atomic E-state index is 0.0972. The van der Waals surface area contributed by atoms with Gasteiger partial charge < -0.3 is 25.5 Å². The highest BCUT2D eigenvalue weighted by molar-refractivity contribution is 7.85. The first-order valence-corrected chi connectivity index (χ1v) is 11.8. The zero-order valence-corrected chi connectivity index (χ0v) is 18.8. The molecule has 5 N–H and O–H groups in total. The van der Waals surface area contributed by atoms with Crippen LogP contribution in [0, 0.1) is 11.8 Å². The molecule has 0 unspecified atom stereocenters. The molecule has 0 radical (unpaired) electrons. The van der Waals surface area contributed by atoms with Gasteiger partial charge in [-0.3, -0.25) is 4.55 Å². The lowest BCUT2D eigenvalue weighted by atomic mass is 10.2. The molecule has 0 atom stereocenters. The molecule has 3 heterocycles. The van der Waals surface area contributed by atoms with Crippen molar-refractivity contribution < 1.29 is 27.4 Å². The molecular formula is C19H25N7O6S. The Bertz CT molecular complexity index is 1260. The molecule has 0 bridgehead atoms. The van der Waals surface area contributed by atoms with Crippen molar-refractivity contribution in [2.75, 3.05) is 37.8 Å². The molecule has 0 amide bonds. The number of imidazole rings is 1. The first kappa shape index (κ1) is 24.4. The topological polar surface area (TPSA) is 192 Å². The molecule has 3 aromatic heterocycles. The lowest BCUT2D eigenvalue weighted by Crippen LogP contribution is -2.23. The largest absolute Gasteiger partial charge is 0.490 e. The lowest BCUT2D eigenvalue weighted by Gasteiger charge is -2.11. The number of rotatable bonds is 11. The molecule has 0 fully saturated rings. The van der Waals surface area contributed by atoms with E-state index in [-0.39, 0.29) is 30.4 Å². The number of aliphatic hydroxyl groups is 1. The summed E-state index contributed by atoms with van der Waals surface area (Å²) in [5, 5.41) is 19.5. The smallest absolute Gasteiger partial charge is 0.266 e. The number of nitrogens with two attached hydrogens (primary N) is 1. The summed E-state index contributed by atoms with van der Waals surface area (Å²) in [5.74, 6) is 6.07. The predicted octanol–water partition coefficient (Wildman–Crippen LogP) is 0.0636. The van der Waals surface area contributed by atoms with Gasteiger partial charge in [-0.05, 0) is 42.5 Å². The van der Waals surface area contributed by atoms with Crippen molar-refractivity contribution >= 4 is 27.0 Å². The molecule has 0 saturated carbocycles. The molecule has 33 heavy (non-hydrogen) atoms. The summed E-state index contributed by atoms with van der Waals surface area (Å²) < 4.78 is 42.7. The number of fused-ring (bicyclic) bond motifs is 1. The van der Waals surface area contributed by atoms with E-state index >= 15 is 0 Å². The highest BCUT2D eigenvalue weighted by Crippen LogP contribution is 2.33. The summed E-state index contributed by atoms with van der Waals surface area (Å²) >= 11 is 0. The van der Waals surface area contributed by atoms with Gasteiger partial charge in [0.15, 0.2) is 23.1 Å². The molecule has 3 aromatic rings. The number of aryl methyl sites for hydroxylation is 1. The number of ether oxygens (including phenoxy) is 1. The maximum Gasteiger partial charge on any atom is 0.266 e. The fraction of sp³-hybridized carbons (Fsp3) is 0.474. The SMILES string of the molecule is CCn1c(-c2nonc2N)nc2c(C#CCO)ncc(OCCCCNCCS(=O)(=O)O)c21. The molecule has 0 aromatic carbocycles. The van der Waals surface area contributed by atoms with Gasteiger partial charge in [0.25, 0.3) is 10.1 Å². The van der Waals surface area contributed by atoms with Crippen LogP contribution in [0.1, 0.15) is 25.5 Å². The molecule has 14 heteroatoms. The first-order valence-electron chi connectivity index (χ1n) is 10.2. The van der Waals surface area contributed by atoms with Crippen LogP contribution in [0.2, 0.25) is 0 Å². The van der Waals surface area contributed by atoms with E-state index in [4.69, 9.17) is 24.8 Å². The van der Waals surface area contributed by atoms with Crippen molar-refractivity contribution in [2.24, 2.45) is 0 Å². The van der Waals surface area contributed by atoms with Crippen LogP contribution in [0.3, 0.4) is 0 Å². The molecule has 0 aliphatic rings. The second kappa shape index (κ2) is 11.1. The van der Waals surface area contributed by atoms with Crippen molar-refractivity contribution in [2.45, 2.75) is 26.3 Å². The summed E-state index contributed by atoms with van der Waals surface area (Å²) in [7, 11) is -3.96. The zero-order chi connectivity index (χ0) is 23.8. The van der Waals surface area contributed by atoms with Gasteiger partial charge in [-0.1, -0.05) is 5.92 Å². The van der Waals surface area contributed by atoms with Crippen LogP contribution in [0.5, 0.6) is 5.75 Å². The van der Waals surface area contributed by atoms with Gasteiger partial charge in [-0.2, -0.15) is 8.42 Å². The van der Waals surface area contributed by atoms with Gasteiger partial charge in [0.05, 0.1) is 18.6 Å². The molecule has 178 valence electrons. The molecular weight excluding hydrogens is 454 g/mol. The predicted molar refractivity (Wildman–Crippen MR) is 119 cm³/mol. The third kappa shape index (κ3) is 6.17. The Hall–Kier alpha value is -3.25. The Kier molecular flexibility index (Phi) is 8.17. The number of nitrogens with zero attached hydrogens (tertiary/aromatic N) is 5. The van der Waals surface area contributed by atoms with E-state index in [0.29, 0.717) is 54.4 Å². The minimum Gasteiger partial charge on any atom is -0.490 e. The molecule has 13 nitrogen and oxygen atoms in total. The number of hydrogen-bond donors (Lipinski definition) is 4. The van der Waals surface area contributed by atoms with Gasteiger partial charge >= 0.3 is 0 Å². The van der Waals surface area contributed by atoms with Crippen molar-refractivity contribution in [1.82, 2.24) is 30.2 Å². The average Bonchev–Trinajstić information content (AvgIpc) is 3.37. The number of hydrogen-bond acceptors (Lipinski definition) is 11. The second-order valence-electron chi connectivity index (χ2n) is 6.90. The Labute approximate surface area is 190 Å². The van der Waals surface area contributed by atoms with Crippen LogP contribution in [-0.2, 0) is 16.7 Å². The standard InChI is InChI=1S/C19H25N7O6S/c1-2-26-17-14(31-10-4-3-7-21-8-11-33(28,29)30)12-22-13(6-5-9-27)15(17)23-19(26)16-18(20)25-32-24-16/h12,21,27H,2-4,7-11H2,1H3,(H2,20,25)(H,28,29,30). The second-order valence-corrected chi connectivity index (χ2v) is 8.47. The fourth-order valence-electron chi connectivity index (χ4n) is 3.13. The number of unbranched alkanes of at least 4 members (excludes halogenated alkanes) is 1. The number of nitrogens with one attached hydrogen (secondary N) is 1. The van der Waals surface area contributed by atoms with Crippen molar-refractivity contribution in [3.05, 3.63) is 11.9 Å². The quantitative estimate of drug-likeness (QED) is 0.164. The van der Waals surface area contributed by atoms with E-state index in [9.17, 15) is 8.42 Å². The van der Waals surface area contributed by atoms with Gasteiger partial charge in [0, 0.05) is 13.1 Å². The van der Waals surface area contributed by atoms with Gasteiger partial charge in [-0.25, -0.2) is 14.6 Å². The number of pyridine rings is 1. The molecule has 3 rings (SSSR count).